The van der Waals surface area contributed by atoms with Gasteiger partial charge in [-0.15, -0.1) is 0 Å². The Bertz CT molecular complexity index is 769. The average Bonchev–Trinajstić information content (AvgIpc) is 2.49. The number of rotatable bonds is 5. The van der Waals surface area contributed by atoms with Crippen LogP contribution in [0.5, 0.6) is 5.75 Å². The minimum absolute atomic E-state index is 0.0415. The number of hydrogen-bond acceptors (Lipinski definition) is 5. The summed E-state index contributed by atoms with van der Waals surface area (Å²) >= 11 is 0. The van der Waals surface area contributed by atoms with Crippen LogP contribution in [-0.2, 0) is 11.3 Å². The van der Waals surface area contributed by atoms with Gasteiger partial charge in [-0.25, -0.2) is 0 Å². The molecule has 0 aliphatic rings. The number of ether oxygens (including phenoxy) is 1. The van der Waals surface area contributed by atoms with Gasteiger partial charge in [0.1, 0.15) is 18.0 Å². The van der Waals surface area contributed by atoms with Gasteiger partial charge in [0.25, 0.3) is 11.2 Å². The summed E-state index contributed by atoms with van der Waals surface area (Å²) in [6.45, 7) is -0.233. The molecule has 0 aliphatic carbocycles. The minimum Gasteiger partial charge on any atom is -0.496 e. The lowest BCUT2D eigenvalue weighted by molar-refractivity contribution is -0.384. The summed E-state index contributed by atoms with van der Waals surface area (Å²) in [4.78, 5) is 33.9. The number of amides is 1. The SMILES string of the molecule is COc1ccc(NC(=O)Cn2ccccc2=O)c([N+](=O)[O-])c1. The van der Waals surface area contributed by atoms with E-state index in [0.29, 0.717) is 5.75 Å². The molecule has 22 heavy (non-hydrogen) atoms. The van der Waals surface area contributed by atoms with Crippen LogP contribution in [0.2, 0.25) is 0 Å². The number of methoxy groups -OCH3 is 1. The quantitative estimate of drug-likeness (QED) is 0.664. The standard InChI is InChI=1S/C14H13N3O5/c1-22-10-5-6-11(12(8-10)17(20)21)15-13(18)9-16-7-3-2-4-14(16)19/h2-8H,9H2,1H3,(H,15,18). The molecule has 1 amide bonds. The molecule has 0 aliphatic heterocycles. The van der Waals surface area contributed by atoms with Gasteiger partial charge in [-0.05, 0) is 18.2 Å². The van der Waals surface area contributed by atoms with Crippen molar-refractivity contribution in [2.45, 2.75) is 6.54 Å². The molecule has 0 spiro atoms. The van der Waals surface area contributed by atoms with Crippen molar-refractivity contribution in [1.82, 2.24) is 4.57 Å². The second-order valence-corrected chi connectivity index (χ2v) is 4.36. The summed E-state index contributed by atoms with van der Waals surface area (Å²) in [5.74, 6) is -0.231. The van der Waals surface area contributed by atoms with Gasteiger partial charge >= 0.3 is 0 Å². The second-order valence-electron chi connectivity index (χ2n) is 4.36. The van der Waals surface area contributed by atoms with Gasteiger partial charge in [-0.1, -0.05) is 6.07 Å². The summed E-state index contributed by atoms with van der Waals surface area (Å²) in [6.07, 6.45) is 1.46. The zero-order valence-electron chi connectivity index (χ0n) is 11.7. The van der Waals surface area contributed by atoms with E-state index >= 15 is 0 Å². The van der Waals surface area contributed by atoms with Crippen LogP contribution in [0.15, 0.2) is 47.4 Å². The van der Waals surface area contributed by atoms with Crippen LogP contribution in [0.3, 0.4) is 0 Å². The van der Waals surface area contributed by atoms with Crippen molar-refractivity contribution < 1.29 is 14.5 Å². The molecule has 2 aromatic rings. The van der Waals surface area contributed by atoms with E-state index in [9.17, 15) is 19.7 Å². The molecule has 0 unspecified atom stereocenters. The van der Waals surface area contributed by atoms with E-state index in [-0.39, 0.29) is 23.5 Å². The lowest BCUT2D eigenvalue weighted by atomic mass is 10.2. The average molecular weight is 303 g/mol. The minimum atomic E-state index is -0.618. The first-order valence-electron chi connectivity index (χ1n) is 6.29. The number of carbonyl (C=O) groups is 1. The van der Waals surface area contributed by atoms with Gasteiger partial charge in [-0.3, -0.25) is 19.7 Å². The maximum absolute atomic E-state index is 11.9. The van der Waals surface area contributed by atoms with Gasteiger partial charge in [-0.2, -0.15) is 0 Å². The molecule has 1 aromatic heterocycles. The number of aromatic nitrogens is 1. The number of carbonyl (C=O) groups excluding carboxylic acids is 1. The van der Waals surface area contributed by atoms with E-state index in [2.05, 4.69) is 5.32 Å². The maximum Gasteiger partial charge on any atom is 0.296 e. The molecular formula is C14H13N3O5. The Balaban J connectivity index is 2.20. The van der Waals surface area contributed by atoms with Crippen molar-refractivity contribution in [3.05, 3.63) is 63.1 Å². The number of nitro benzene ring substituents is 1. The third kappa shape index (κ3) is 3.48. The Hall–Kier alpha value is -3.16. The van der Waals surface area contributed by atoms with Crippen LogP contribution in [0, 0.1) is 10.1 Å². The van der Waals surface area contributed by atoms with Crippen LogP contribution in [0.1, 0.15) is 0 Å². The topological polar surface area (TPSA) is 103 Å². The van der Waals surface area contributed by atoms with Gasteiger partial charge in [0, 0.05) is 12.3 Å². The van der Waals surface area contributed by atoms with Crippen molar-refractivity contribution in [3.8, 4) is 5.75 Å². The maximum atomic E-state index is 11.9. The lowest BCUT2D eigenvalue weighted by Crippen LogP contribution is -2.26. The van der Waals surface area contributed by atoms with Crippen LogP contribution in [0.25, 0.3) is 0 Å². The fourth-order valence-electron chi connectivity index (χ4n) is 1.83. The number of nitrogens with one attached hydrogen (secondary N) is 1. The predicted octanol–water partition coefficient (Wildman–Crippen LogP) is 1.40. The molecule has 1 aromatic carbocycles. The van der Waals surface area contributed by atoms with E-state index in [4.69, 9.17) is 4.74 Å². The molecule has 0 bridgehead atoms. The summed E-state index contributed by atoms with van der Waals surface area (Å²) in [7, 11) is 1.39. The van der Waals surface area contributed by atoms with E-state index in [0.717, 1.165) is 0 Å². The number of hydrogen-bond donors (Lipinski definition) is 1. The van der Waals surface area contributed by atoms with Gasteiger partial charge < -0.3 is 14.6 Å². The summed E-state index contributed by atoms with van der Waals surface area (Å²) in [6, 6.07) is 8.59. The largest absolute Gasteiger partial charge is 0.496 e. The Kier molecular flexibility index (Phi) is 4.52. The molecule has 2 rings (SSSR count). The molecule has 1 N–H and O–H groups in total. The third-order valence-corrected chi connectivity index (χ3v) is 2.89. The summed E-state index contributed by atoms with van der Waals surface area (Å²) in [5, 5.41) is 13.5. The van der Waals surface area contributed by atoms with E-state index in [1.807, 2.05) is 0 Å². The van der Waals surface area contributed by atoms with Crippen LogP contribution in [0.4, 0.5) is 11.4 Å². The van der Waals surface area contributed by atoms with Crippen LogP contribution in [-0.4, -0.2) is 22.5 Å². The van der Waals surface area contributed by atoms with E-state index in [1.165, 1.54) is 42.1 Å². The highest BCUT2D eigenvalue weighted by molar-refractivity contribution is 5.93. The predicted molar refractivity (Wildman–Crippen MR) is 79.0 cm³/mol. The van der Waals surface area contributed by atoms with Gasteiger partial charge in [0.05, 0.1) is 18.1 Å². The van der Waals surface area contributed by atoms with Crippen molar-refractivity contribution >= 4 is 17.3 Å². The summed E-state index contributed by atoms with van der Waals surface area (Å²) in [5.41, 5.74) is -0.574. The monoisotopic (exact) mass is 303 g/mol. The lowest BCUT2D eigenvalue weighted by Gasteiger charge is -2.08. The summed E-state index contributed by atoms with van der Waals surface area (Å²) < 4.78 is 6.11. The van der Waals surface area contributed by atoms with E-state index in [1.54, 1.807) is 12.1 Å². The first kappa shape index (κ1) is 15.2. The highest BCUT2D eigenvalue weighted by Crippen LogP contribution is 2.28. The first-order valence-corrected chi connectivity index (χ1v) is 6.29. The molecule has 0 radical (unpaired) electrons. The Morgan fingerprint density at radius 2 is 2.14 bits per heavy atom. The molecule has 0 saturated heterocycles. The van der Waals surface area contributed by atoms with Crippen molar-refractivity contribution in [3.63, 3.8) is 0 Å². The van der Waals surface area contributed by atoms with Gasteiger partial charge in [0.2, 0.25) is 5.91 Å². The number of pyridine rings is 1. The molecule has 8 nitrogen and oxygen atoms in total. The van der Waals surface area contributed by atoms with Crippen LogP contribution >= 0.6 is 0 Å². The normalized spacial score (nSPS) is 10.0. The van der Waals surface area contributed by atoms with Crippen molar-refractivity contribution in [2.75, 3.05) is 12.4 Å². The smallest absolute Gasteiger partial charge is 0.296 e. The number of nitrogens with zero attached hydrogens (tertiary/aromatic N) is 2. The molecule has 114 valence electrons. The fraction of sp³-hybridized carbons (Fsp3) is 0.143. The zero-order valence-corrected chi connectivity index (χ0v) is 11.7. The number of nitro groups is 1. The Morgan fingerprint density at radius 3 is 2.77 bits per heavy atom. The first-order chi connectivity index (χ1) is 10.5. The molecule has 8 heteroatoms. The highest BCUT2D eigenvalue weighted by Gasteiger charge is 2.17. The zero-order chi connectivity index (χ0) is 16.1. The molecule has 0 fully saturated rings. The molecule has 0 saturated carbocycles. The fourth-order valence-corrected chi connectivity index (χ4v) is 1.83. The number of benzene rings is 1. The highest BCUT2D eigenvalue weighted by atomic mass is 16.6. The number of anilines is 1. The van der Waals surface area contributed by atoms with Gasteiger partial charge in [0.15, 0.2) is 0 Å². The van der Waals surface area contributed by atoms with Crippen molar-refractivity contribution in [2.24, 2.45) is 0 Å². The molecule has 1 heterocycles. The Labute approximate surface area is 125 Å². The van der Waals surface area contributed by atoms with E-state index < -0.39 is 10.8 Å². The van der Waals surface area contributed by atoms with Crippen molar-refractivity contribution in [1.29, 1.82) is 0 Å². The third-order valence-electron chi connectivity index (χ3n) is 2.89. The Morgan fingerprint density at radius 1 is 1.36 bits per heavy atom. The van der Waals surface area contributed by atoms with Crippen LogP contribution < -0.4 is 15.6 Å². The molecular weight excluding hydrogens is 290 g/mol. The molecule has 0 atom stereocenters. The second kappa shape index (κ2) is 6.53.